The van der Waals surface area contributed by atoms with Crippen LogP contribution in [0.15, 0.2) is 0 Å². The van der Waals surface area contributed by atoms with Gasteiger partial charge in [-0.15, -0.1) is 0 Å². The number of hydrogen-bond donors (Lipinski definition) is 1. The minimum absolute atomic E-state index is 0.288. The summed E-state index contributed by atoms with van der Waals surface area (Å²) in [6, 6.07) is 0.764. The highest BCUT2D eigenvalue weighted by Gasteiger charge is 2.40. The van der Waals surface area contributed by atoms with E-state index >= 15 is 0 Å². The van der Waals surface area contributed by atoms with Crippen molar-refractivity contribution in [2.75, 3.05) is 13.6 Å². The van der Waals surface area contributed by atoms with E-state index in [0.717, 1.165) is 18.5 Å². The summed E-state index contributed by atoms with van der Waals surface area (Å²) in [4.78, 5) is 2.72. The lowest BCUT2D eigenvalue weighted by atomic mass is 9.74. The lowest BCUT2D eigenvalue weighted by Crippen LogP contribution is -2.56. The molecule has 2 N–H and O–H groups in total. The zero-order chi connectivity index (χ0) is 15.5. The molecule has 0 aromatic heterocycles. The molecule has 2 rings (SSSR count). The van der Waals surface area contributed by atoms with Gasteiger partial charge >= 0.3 is 0 Å². The van der Waals surface area contributed by atoms with Gasteiger partial charge in [-0.2, -0.15) is 0 Å². The Kier molecular flexibility index (Phi) is 5.76. The van der Waals surface area contributed by atoms with Crippen molar-refractivity contribution in [2.24, 2.45) is 17.1 Å². The standard InChI is InChI=1S/C19H38N2/c1-5-16-7-6-11-19(15-20,14-8-16)21(4)17-9-12-18(2,3)13-10-17/h16-17H,5-15,20H2,1-4H3. The van der Waals surface area contributed by atoms with Gasteiger partial charge in [-0.3, -0.25) is 4.90 Å². The number of likely N-dealkylation sites (N-methyl/N-ethyl adjacent to an activating group) is 1. The van der Waals surface area contributed by atoms with Crippen LogP contribution in [0.2, 0.25) is 0 Å². The predicted molar refractivity (Wildman–Crippen MR) is 92.5 cm³/mol. The van der Waals surface area contributed by atoms with Crippen molar-refractivity contribution in [3.63, 3.8) is 0 Å². The lowest BCUT2D eigenvalue weighted by Gasteiger charge is -2.48. The molecule has 2 aliphatic carbocycles. The Morgan fingerprint density at radius 2 is 1.67 bits per heavy atom. The summed E-state index contributed by atoms with van der Waals surface area (Å²) in [6.07, 6.45) is 13.6. The SMILES string of the molecule is CCC1CCCC(CN)(N(C)C2CCC(C)(C)CC2)CC1. The quantitative estimate of drug-likeness (QED) is 0.769. The zero-order valence-corrected chi connectivity index (χ0v) is 15.0. The Morgan fingerprint density at radius 1 is 1.00 bits per heavy atom. The van der Waals surface area contributed by atoms with Crippen LogP contribution < -0.4 is 5.73 Å². The van der Waals surface area contributed by atoms with Gasteiger partial charge in [0.15, 0.2) is 0 Å². The summed E-state index contributed by atoms with van der Waals surface area (Å²) in [5, 5.41) is 0. The average molecular weight is 295 g/mol. The molecule has 0 heterocycles. The summed E-state index contributed by atoms with van der Waals surface area (Å²) in [7, 11) is 2.38. The van der Waals surface area contributed by atoms with Crippen LogP contribution in [0.4, 0.5) is 0 Å². The molecule has 0 aliphatic heterocycles. The second-order valence-electron chi connectivity index (χ2n) is 8.64. The highest BCUT2D eigenvalue weighted by Crippen LogP contribution is 2.41. The Hall–Kier alpha value is -0.0800. The van der Waals surface area contributed by atoms with Crippen molar-refractivity contribution in [1.29, 1.82) is 0 Å². The van der Waals surface area contributed by atoms with Crippen molar-refractivity contribution >= 4 is 0 Å². The zero-order valence-electron chi connectivity index (χ0n) is 15.0. The molecule has 0 radical (unpaired) electrons. The first-order chi connectivity index (χ1) is 9.92. The number of rotatable bonds is 4. The van der Waals surface area contributed by atoms with Crippen LogP contribution >= 0.6 is 0 Å². The van der Waals surface area contributed by atoms with E-state index in [1.165, 1.54) is 64.2 Å². The smallest absolute Gasteiger partial charge is 0.0331 e. The molecule has 0 amide bonds. The molecule has 0 spiro atoms. The maximum absolute atomic E-state index is 6.31. The van der Waals surface area contributed by atoms with Gasteiger partial charge in [0.1, 0.15) is 0 Å². The van der Waals surface area contributed by atoms with E-state index in [9.17, 15) is 0 Å². The molecule has 2 nitrogen and oxygen atoms in total. The van der Waals surface area contributed by atoms with Gasteiger partial charge in [0.05, 0.1) is 0 Å². The van der Waals surface area contributed by atoms with E-state index in [1.807, 2.05) is 0 Å². The summed E-state index contributed by atoms with van der Waals surface area (Å²) in [5.74, 6) is 0.942. The van der Waals surface area contributed by atoms with Crippen molar-refractivity contribution in [2.45, 2.75) is 96.6 Å². The molecule has 0 bridgehead atoms. The fourth-order valence-electron chi connectivity index (χ4n) is 4.73. The summed E-state index contributed by atoms with van der Waals surface area (Å²) in [6.45, 7) is 8.06. The van der Waals surface area contributed by atoms with E-state index in [0.29, 0.717) is 5.41 Å². The van der Waals surface area contributed by atoms with Crippen LogP contribution in [0.1, 0.15) is 85.0 Å². The number of nitrogens with two attached hydrogens (primary N) is 1. The minimum Gasteiger partial charge on any atom is -0.329 e. The highest BCUT2D eigenvalue weighted by atomic mass is 15.2. The second-order valence-corrected chi connectivity index (χ2v) is 8.64. The molecular weight excluding hydrogens is 256 g/mol. The van der Waals surface area contributed by atoms with E-state index < -0.39 is 0 Å². The second kappa shape index (κ2) is 7.00. The molecular formula is C19H38N2. The molecule has 21 heavy (non-hydrogen) atoms. The van der Waals surface area contributed by atoms with E-state index in [2.05, 4.69) is 32.7 Å². The predicted octanol–water partition coefficient (Wildman–Crippen LogP) is 4.57. The molecule has 2 atom stereocenters. The minimum atomic E-state index is 0.288. The molecule has 2 fully saturated rings. The van der Waals surface area contributed by atoms with Gasteiger partial charge in [0.2, 0.25) is 0 Å². The molecule has 0 saturated heterocycles. The van der Waals surface area contributed by atoms with E-state index in [4.69, 9.17) is 5.73 Å². The molecule has 0 aromatic rings. The van der Waals surface area contributed by atoms with Crippen molar-refractivity contribution in [3.8, 4) is 0 Å². The van der Waals surface area contributed by atoms with E-state index in [-0.39, 0.29) is 5.54 Å². The highest BCUT2D eigenvalue weighted by molar-refractivity contribution is 4.97. The first kappa shape index (κ1) is 17.3. The van der Waals surface area contributed by atoms with Gasteiger partial charge < -0.3 is 5.73 Å². The molecule has 124 valence electrons. The van der Waals surface area contributed by atoms with Crippen molar-refractivity contribution in [3.05, 3.63) is 0 Å². The van der Waals surface area contributed by atoms with Crippen LogP contribution in [-0.4, -0.2) is 30.1 Å². The van der Waals surface area contributed by atoms with Gasteiger partial charge in [-0.25, -0.2) is 0 Å². The third-order valence-electron chi connectivity index (χ3n) is 6.83. The summed E-state index contributed by atoms with van der Waals surface area (Å²) in [5.41, 5.74) is 7.16. The van der Waals surface area contributed by atoms with Gasteiger partial charge in [-0.1, -0.05) is 40.0 Å². The van der Waals surface area contributed by atoms with Crippen molar-refractivity contribution < 1.29 is 0 Å². The average Bonchev–Trinajstić information content (AvgIpc) is 2.69. The van der Waals surface area contributed by atoms with Crippen LogP contribution in [0.5, 0.6) is 0 Å². The Labute approximate surface area is 132 Å². The first-order valence-corrected chi connectivity index (χ1v) is 9.35. The van der Waals surface area contributed by atoms with Crippen LogP contribution in [0.25, 0.3) is 0 Å². The Morgan fingerprint density at radius 3 is 2.24 bits per heavy atom. The maximum Gasteiger partial charge on any atom is 0.0331 e. The van der Waals surface area contributed by atoms with Crippen molar-refractivity contribution in [1.82, 2.24) is 4.90 Å². The Balaban J connectivity index is 2.02. The van der Waals surface area contributed by atoms with Crippen LogP contribution in [0, 0.1) is 11.3 Å². The number of nitrogens with zero attached hydrogens (tertiary/aromatic N) is 1. The fraction of sp³-hybridized carbons (Fsp3) is 1.00. The molecule has 2 aliphatic rings. The topological polar surface area (TPSA) is 29.3 Å². The maximum atomic E-state index is 6.31. The molecule has 2 saturated carbocycles. The first-order valence-electron chi connectivity index (χ1n) is 9.35. The monoisotopic (exact) mass is 294 g/mol. The molecule has 2 unspecified atom stereocenters. The van der Waals surface area contributed by atoms with Gasteiger partial charge in [0, 0.05) is 18.1 Å². The third kappa shape index (κ3) is 4.01. The lowest BCUT2D eigenvalue weighted by molar-refractivity contribution is 0.0258. The number of hydrogen-bond acceptors (Lipinski definition) is 2. The fourth-order valence-corrected chi connectivity index (χ4v) is 4.73. The summed E-state index contributed by atoms with van der Waals surface area (Å²) < 4.78 is 0. The normalized spacial score (nSPS) is 34.9. The third-order valence-corrected chi connectivity index (χ3v) is 6.83. The van der Waals surface area contributed by atoms with Crippen LogP contribution in [0.3, 0.4) is 0 Å². The van der Waals surface area contributed by atoms with Gasteiger partial charge in [-0.05, 0) is 63.3 Å². The van der Waals surface area contributed by atoms with Gasteiger partial charge in [0.25, 0.3) is 0 Å². The molecule has 0 aromatic carbocycles. The Bertz CT molecular complexity index is 316. The van der Waals surface area contributed by atoms with Crippen LogP contribution in [-0.2, 0) is 0 Å². The molecule has 2 heteroatoms. The summed E-state index contributed by atoms with van der Waals surface area (Å²) >= 11 is 0. The largest absolute Gasteiger partial charge is 0.329 e. The van der Waals surface area contributed by atoms with E-state index in [1.54, 1.807) is 0 Å².